The van der Waals surface area contributed by atoms with Crippen LogP contribution in [0.15, 0.2) is 73.3 Å². The van der Waals surface area contributed by atoms with E-state index in [1.54, 1.807) is 29.4 Å². The molecule has 4 heterocycles. The molecule has 0 amide bonds. The number of fused-ring (bicyclic) bond motifs is 3. The molecule has 1 fully saturated rings. The molecule has 5 aromatic rings. The van der Waals surface area contributed by atoms with Crippen molar-refractivity contribution in [1.29, 1.82) is 0 Å². The zero-order valence-corrected chi connectivity index (χ0v) is 25.1. The van der Waals surface area contributed by atoms with Crippen molar-refractivity contribution in [2.75, 3.05) is 5.33 Å². The van der Waals surface area contributed by atoms with Crippen molar-refractivity contribution >= 4 is 43.8 Å². The summed E-state index contributed by atoms with van der Waals surface area (Å²) in [6, 6.07) is 15.4. The first-order chi connectivity index (χ1) is 20.3. The molecule has 0 N–H and O–H groups in total. The molecule has 0 atom stereocenters. The lowest BCUT2D eigenvalue weighted by Crippen LogP contribution is -2.41. The largest absolute Gasteiger partial charge is 0.489 e. The van der Waals surface area contributed by atoms with Crippen LogP contribution < -0.4 is 9.47 Å². The fourth-order valence-corrected chi connectivity index (χ4v) is 5.03. The second kappa shape index (κ2) is 11.5. The van der Waals surface area contributed by atoms with Gasteiger partial charge in [0.2, 0.25) is 5.88 Å². The van der Waals surface area contributed by atoms with Crippen molar-refractivity contribution in [3.05, 3.63) is 79.0 Å². The van der Waals surface area contributed by atoms with Crippen LogP contribution in [0.1, 0.15) is 39.3 Å². The molecular weight excluding hydrogens is 596 g/mol. The van der Waals surface area contributed by atoms with Crippen LogP contribution >= 0.6 is 15.9 Å². The van der Waals surface area contributed by atoms with E-state index in [1.807, 2.05) is 69.3 Å². The average molecular weight is 626 g/mol. The lowest BCUT2D eigenvalue weighted by molar-refractivity contribution is 0.00208. The van der Waals surface area contributed by atoms with Gasteiger partial charge in [0, 0.05) is 53.8 Å². The van der Waals surface area contributed by atoms with Crippen LogP contribution in [0.2, 0.25) is 0 Å². The zero-order valence-electron chi connectivity index (χ0n) is 23.5. The van der Waals surface area contributed by atoms with Crippen molar-refractivity contribution in [1.82, 2.24) is 19.5 Å². The normalized spacial score (nSPS) is 16.4. The van der Waals surface area contributed by atoms with Crippen molar-refractivity contribution in [3.8, 4) is 34.6 Å². The molecule has 0 spiro atoms. The molecule has 1 saturated carbocycles. The summed E-state index contributed by atoms with van der Waals surface area (Å²) in [5, 5.41) is 2.43. The van der Waals surface area contributed by atoms with Gasteiger partial charge in [-0.05, 0) is 62.6 Å². The van der Waals surface area contributed by atoms with Crippen molar-refractivity contribution in [2.45, 2.75) is 51.4 Å². The Balaban J connectivity index is 1.13. The first kappa shape index (κ1) is 27.7. The number of pyridine rings is 3. The molecule has 6 rings (SSSR count). The van der Waals surface area contributed by atoms with E-state index in [-0.39, 0.29) is 12.2 Å². The standard InChI is InChI=1S/C33H29BrN4O4/c1-33(2,3)42-32(39)38-29-12-14-35-20-28(29)27-10-6-21(15-30(27)38)22-7-11-31(37-18-22)41-26-16-25(17-26)40-24-9-8-23(36-19-24)5-4-13-34/h6-12,14-15,18-20,25-26H,13,16-17H2,1-3H3/t25-,26-. The Morgan fingerprint density at radius 1 is 0.929 bits per heavy atom. The molecule has 4 aromatic heterocycles. The van der Waals surface area contributed by atoms with Crippen LogP contribution in [0.3, 0.4) is 0 Å². The van der Waals surface area contributed by atoms with Crippen LogP contribution in [-0.4, -0.2) is 48.8 Å². The number of carbonyl (C=O) groups is 1. The molecule has 1 aliphatic carbocycles. The molecule has 42 heavy (non-hydrogen) atoms. The molecule has 1 aromatic carbocycles. The summed E-state index contributed by atoms with van der Waals surface area (Å²) in [4.78, 5) is 26.4. The third kappa shape index (κ3) is 5.95. The number of halogens is 1. The minimum Gasteiger partial charge on any atom is -0.489 e. The maximum absolute atomic E-state index is 13.2. The highest BCUT2D eigenvalue weighted by Gasteiger charge is 2.33. The Bertz CT molecular complexity index is 1810. The van der Waals surface area contributed by atoms with Crippen LogP contribution in [0.5, 0.6) is 11.6 Å². The second-order valence-corrected chi connectivity index (χ2v) is 11.7. The van der Waals surface area contributed by atoms with Crippen molar-refractivity contribution in [2.24, 2.45) is 0 Å². The second-order valence-electron chi connectivity index (χ2n) is 11.1. The summed E-state index contributed by atoms with van der Waals surface area (Å²) in [6.45, 7) is 5.57. The van der Waals surface area contributed by atoms with E-state index in [0.29, 0.717) is 16.9 Å². The van der Waals surface area contributed by atoms with Gasteiger partial charge in [-0.25, -0.2) is 19.3 Å². The summed E-state index contributed by atoms with van der Waals surface area (Å²) in [6.07, 6.45) is 8.18. The fraction of sp³-hybridized carbons (Fsp3) is 0.273. The molecule has 0 saturated heterocycles. The van der Waals surface area contributed by atoms with Gasteiger partial charge in [0.1, 0.15) is 29.3 Å². The predicted molar refractivity (Wildman–Crippen MR) is 165 cm³/mol. The SMILES string of the molecule is CC(C)(C)OC(=O)n1c2ccncc2c2ccc(-c3ccc(O[C@H]4C[C@H](Oc5ccc(C#CCBr)nc5)C4)nc3)cc21. The molecule has 9 heteroatoms. The Labute approximate surface area is 252 Å². The van der Waals surface area contributed by atoms with Crippen LogP contribution in [0.25, 0.3) is 32.9 Å². The van der Waals surface area contributed by atoms with Crippen LogP contribution in [0, 0.1) is 11.8 Å². The third-order valence-electron chi connectivity index (χ3n) is 6.87. The first-order valence-electron chi connectivity index (χ1n) is 13.7. The minimum atomic E-state index is -0.623. The minimum absolute atomic E-state index is 0.0415. The summed E-state index contributed by atoms with van der Waals surface area (Å²) in [5.74, 6) is 7.19. The zero-order chi connectivity index (χ0) is 29.3. The molecule has 8 nitrogen and oxygen atoms in total. The highest BCUT2D eigenvalue weighted by molar-refractivity contribution is 9.09. The molecule has 0 bridgehead atoms. The van der Waals surface area contributed by atoms with Gasteiger partial charge >= 0.3 is 6.09 Å². The maximum Gasteiger partial charge on any atom is 0.419 e. The first-order valence-corrected chi connectivity index (χ1v) is 14.8. The number of benzene rings is 1. The number of aromatic nitrogens is 4. The fourth-order valence-electron chi connectivity index (χ4n) is 4.89. The quantitative estimate of drug-likeness (QED) is 0.151. The van der Waals surface area contributed by atoms with Gasteiger partial charge < -0.3 is 14.2 Å². The van der Waals surface area contributed by atoms with Crippen LogP contribution in [-0.2, 0) is 4.74 Å². The third-order valence-corrected chi connectivity index (χ3v) is 7.16. The summed E-state index contributed by atoms with van der Waals surface area (Å²) in [7, 11) is 0. The molecule has 0 unspecified atom stereocenters. The number of carbonyl (C=O) groups excluding carboxylic acids is 1. The number of alkyl halides is 1. The van der Waals surface area contributed by atoms with E-state index in [9.17, 15) is 4.79 Å². The van der Waals surface area contributed by atoms with E-state index in [1.165, 1.54) is 0 Å². The highest BCUT2D eigenvalue weighted by Crippen LogP contribution is 2.34. The van der Waals surface area contributed by atoms with Gasteiger partial charge in [-0.3, -0.25) is 4.98 Å². The molecule has 0 aliphatic heterocycles. The van der Waals surface area contributed by atoms with Gasteiger partial charge in [0.05, 0.1) is 22.6 Å². The Morgan fingerprint density at radius 2 is 1.74 bits per heavy atom. The molecule has 212 valence electrons. The number of ether oxygens (including phenoxy) is 3. The Hall–Kier alpha value is -4.42. The number of hydrogen-bond donors (Lipinski definition) is 0. The van der Waals surface area contributed by atoms with E-state index < -0.39 is 11.7 Å². The highest BCUT2D eigenvalue weighted by atomic mass is 79.9. The molecule has 1 aliphatic rings. The van der Waals surface area contributed by atoms with E-state index >= 15 is 0 Å². The lowest BCUT2D eigenvalue weighted by atomic mass is 9.92. The Morgan fingerprint density at radius 3 is 2.45 bits per heavy atom. The van der Waals surface area contributed by atoms with E-state index in [0.717, 1.165) is 51.5 Å². The number of rotatable bonds is 5. The monoisotopic (exact) mass is 624 g/mol. The predicted octanol–water partition coefficient (Wildman–Crippen LogP) is 7.16. The number of nitrogens with zero attached hydrogens (tertiary/aromatic N) is 4. The summed E-state index contributed by atoms with van der Waals surface area (Å²) < 4.78 is 19.4. The molecular formula is C33H29BrN4O4. The summed E-state index contributed by atoms with van der Waals surface area (Å²) >= 11 is 3.28. The molecule has 0 radical (unpaired) electrons. The van der Waals surface area contributed by atoms with E-state index in [2.05, 4.69) is 42.7 Å². The Kier molecular flexibility index (Phi) is 7.56. The summed E-state index contributed by atoms with van der Waals surface area (Å²) in [5.41, 5.74) is 3.44. The van der Waals surface area contributed by atoms with Crippen molar-refractivity contribution in [3.63, 3.8) is 0 Å². The number of hydrogen-bond acceptors (Lipinski definition) is 7. The van der Waals surface area contributed by atoms with Gasteiger partial charge in [0.25, 0.3) is 0 Å². The van der Waals surface area contributed by atoms with Gasteiger partial charge in [-0.2, -0.15) is 0 Å². The maximum atomic E-state index is 13.2. The lowest BCUT2D eigenvalue weighted by Gasteiger charge is -2.34. The average Bonchev–Trinajstić information content (AvgIpc) is 3.29. The van der Waals surface area contributed by atoms with E-state index in [4.69, 9.17) is 14.2 Å². The van der Waals surface area contributed by atoms with Gasteiger partial charge in [-0.15, -0.1) is 0 Å². The smallest absolute Gasteiger partial charge is 0.419 e. The van der Waals surface area contributed by atoms with Crippen LogP contribution in [0.4, 0.5) is 4.79 Å². The van der Waals surface area contributed by atoms with Gasteiger partial charge in [-0.1, -0.05) is 34.0 Å². The van der Waals surface area contributed by atoms with Crippen molar-refractivity contribution < 1.29 is 19.0 Å². The topological polar surface area (TPSA) is 88.4 Å². The van der Waals surface area contributed by atoms with Gasteiger partial charge in [0.15, 0.2) is 0 Å².